The Bertz CT molecular complexity index is 2100. The molecule has 48 heavy (non-hydrogen) atoms. The first kappa shape index (κ1) is 29.9. The van der Waals surface area contributed by atoms with E-state index in [0.717, 1.165) is 66.8 Å². The lowest BCUT2D eigenvalue weighted by Gasteiger charge is -2.12. The molecule has 0 atom stereocenters. The normalized spacial score (nSPS) is 10.0. The molecule has 222 valence electrons. The molecule has 0 heteroatoms. The quantitative estimate of drug-likeness (QED) is 0.176. The van der Waals surface area contributed by atoms with Crippen molar-refractivity contribution in [2.45, 2.75) is 0 Å². The van der Waals surface area contributed by atoms with E-state index in [2.05, 4.69) is 127 Å². The highest BCUT2D eigenvalue weighted by Gasteiger charge is 2.09. The van der Waals surface area contributed by atoms with Crippen molar-refractivity contribution in [3.63, 3.8) is 0 Å². The van der Waals surface area contributed by atoms with E-state index < -0.39 is 0 Å². The molecule has 0 nitrogen and oxygen atoms in total. The first-order chi connectivity index (χ1) is 23.7. The molecule has 0 heterocycles. The Hall–Kier alpha value is -6.78. The van der Waals surface area contributed by atoms with Crippen LogP contribution in [0, 0.1) is 35.5 Å². The maximum absolute atomic E-state index is 3.35. The topological polar surface area (TPSA) is 0 Å². The van der Waals surface area contributed by atoms with Crippen LogP contribution in [0.3, 0.4) is 0 Å². The maximum atomic E-state index is 3.35. The molecule has 0 aliphatic rings. The van der Waals surface area contributed by atoms with Gasteiger partial charge in [0.05, 0.1) is 0 Å². The Morgan fingerprint density at radius 2 is 0.438 bits per heavy atom. The maximum Gasteiger partial charge on any atom is 0.0255 e. The zero-order chi connectivity index (χ0) is 32.4. The van der Waals surface area contributed by atoms with Crippen LogP contribution in [0.4, 0.5) is 0 Å². The minimum absolute atomic E-state index is 0.972. The summed E-state index contributed by atoms with van der Waals surface area (Å²) in [5.41, 5.74) is 12.6. The molecule has 0 fully saturated rings. The molecule has 0 spiro atoms. The van der Waals surface area contributed by atoms with E-state index in [-0.39, 0.29) is 0 Å². The smallest absolute Gasteiger partial charge is 0.0255 e. The SMILES string of the molecule is C(#Cc1cccc(-c2cc(-c3cccc(C#Cc4ccccc4)c3)cc(-c3cccc(C#Cc4ccccc4)c3)c2)c1)c1ccccc1. The van der Waals surface area contributed by atoms with Crippen molar-refractivity contribution in [3.8, 4) is 68.9 Å². The highest BCUT2D eigenvalue weighted by atomic mass is 14.1. The largest absolute Gasteiger partial charge is 0.0622 e. The number of hydrogen-bond acceptors (Lipinski definition) is 0. The van der Waals surface area contributed by atoms with Gasteiger partial charge < -0.3 is 0 Å². The zero-order valence-electron chi connectivity index (χ0n) is 26.3. The van der Waals surface area contributed by atoms with Crippen LogP contribution >= 0.6 is 0 Å². The summed E-state index contributed by atoms with van der Waals surface area (Å²) in [6, 6.07) is 62.5. The average molecular weight is 607 g/mol. The summed E-state index contributed by atoms with van der Waals surface area (Å²) >= 11 is 0. The highest BCUT2D eigenvalue weighted by Crippen LogP contribution is 2.34. The lowest BCUT2D eigenvalue weighted by atomic mass is 9.92. The van der Waals surface area contributed by atoms with E-state index in [1.807, 2.05) is 91.0 Å². The molecule has 0 N–H and O–H groups in total. The Balaban J connectivity index is 1.30. The fraction of sp³-hybridized carbons (Fsp3) is 0. The van der Waals surface area contributed by atoms with Crippen molar-refractivity contribution >= 4 is 0 Å². The van der Waals surface area contributed by atoms with Gasteiger partial charge in [-0.1, -0.05) is 127 Å². The Morgan fingerprint density at radius 3 is 0.729 bits per heavy atom. The van der Waals surface area contributed by atoms with E-state index in [9.17, 15) is 0 Å². The number of benzene rings is 7. The monoisotopic (exact) mass is 606 g/mol. The third-order valence-corrected chi connectivity index (χ3v) is 7.90. The lowest BCUT2D eigenvalue weighted by Crippen LogP contribution is -1.88. The van der Waals surface area contributed by atoms with Crippen molar-refractivity contribution in [1.82, 2.24) is 0 Å². The van der Waals surface area contributed by atoms with Gasteiger partial charge in [-0.2, -0.15) is 0 Å². The van der Waals surface area contributed by atoms with Crippen LogP contribution in [0.1, 0.15) is 33.4 Å². The van der Waals surface area contributed by atoms with Crippen LogP contribution in [-0.4, -0.2) is 0 Å². The first-order valence-electron chi connectivity index (χ1n) is 15.9. The zero-order valence-corrected chi connectivity index (χ0v) is 26.3. The van der Waals surface area contributed by atoms with Crippen LogP contribution in [0.2, 0.25) is 0 Å². The van der Waals surface area contributed by atoms with Crippen molar-refractivity contribution in [3.05, 3.63) is 215 Å². The van der Waals surface area contributed by atoms with Crippen LogP contribution in [0.25, 0.3) is 33.4 Å². The second-order valence-electron chi connectivity index (χ2n) is 11.4. The van der Waals surface area contributed by atoms with Gasteiger partial charge in [0.2, 0.25) is 0 Å². The van der Waals surface area contributed by atoms with Gasteiger partial charge in [0.1, 0.15) is 0 Å². The predicted octanol–water partition coefficient (Wildman–Crippen LogP) is 10.9. The number of hydrogen-bond donors (Lipinski definition) is 0. The molecule has 0 radical (unpaired) electrons. The summed E-state index contributed by atoms with van der Waals surface area (Å²) in [5, 5.41) is 0. The summed E-state index contributed by atoms with van der Waals surface area (Å²) in [7, 11) is 0. The molecule has 7 aromatic rings. The summed E-state index contributed by atoms with van der Waals surface area (Å²) in [6.07, 6.45) is 0. The van der Waals surface area contributed by atoms with E-state index in [1.165, 1.54) is 0 Å². The molecule has 0 saturated carbocycles. The molecule has 0 aliphatic heterocycles. The van der Waals surface area contributed by atoms with E-state index in [4.69, 9.17) is 0 Å². The minimum atomic E-state index is 0.972. The van der Waals surface area contributed by atoms with Crippen LogP contribution in [0.5, 0.6) is 0 Å². The first-order valence-corrected chi connectivity index (χ1v) is 15.9. The third-order valence-electron chi connectivity index (χ3n) is 7.90. The summed E-state index contributed by atoms with van der Waals surface area (Å²) in [4.78, 5) is 0. The van der Waals surface area contributed by atoms with Gasteiger partial charge in [0.25, 0.3) is 0 Å². The Kier molecular flexibility index (Phi) is 9.06. The minimum Gasteiger partial charge on any atom is -0.0622 e. The molecule has 0 aromatic heterocycles. The molecule has 0 aliphatic carbocycles. The second-order valence-corrected chi connectivity index (χ2v) is 11.4. The molecule has 0 unspecified atom stereocenters. The van der Waals surface area contributed by atoms with Crippen LogP contribution < -0.4 is 0 Å². The molecule has 0 bridgehead atoms. The van der Waals surface area contributed by atoms with Gasteiger partial charge in [-0.3, -0.25) is 0 Å². The fourth-order valence-corrected chi connectivity index (χ4v) is 5.45. The second kappa shape index (κ2) is 14.5. The fourth-order valence-electron chi connectivity index (χ4n) is 5.45. The van der Waals surface area contributed by atoms with Gasteiger partial charge in [0, 0.05) is 33.4 Å². The summed E-state index contributed by atoms with van der Waals surface area (Å²) < 4.78 is 0. The van der Waals surface area contributed by atoms with Crippen molar-refractivity contribution in [2.75, 3.05) is 0 Å². The molecular formula is C48H30. The van der Waals surface area contributed by atoms with Gasteiger partial charge in [-0.05, 0) is 124 Å². The van der Waals surface area contributed by atoms with Crippen LogP contribution in [0.15, 0.2) is 182 Å². The van der Waals surface area contributed by atoms with Gasteiger partial charge in [-0.15, -0.1) is 0 Å². The van der Waals surface area contributed by atoms with Gasteiger partial charge in [0.15, 0.2) is 0 Å². The van der Waals surface area contributed by atoms with Crippen molar-refractivity contribution < 1.29 is 0 Å². The molecule has 7 aromatic carbocycles. The van der Waals surface area contributed by atoms with Gasteiger partial charge >= 0.3 is 0 Å². The molecule has 0 saturated heterocycles. The third kappa shape index (κ3) is 7.71. The summed E-state index contributed by atoms with van der Waals surface area (Å²) in [5.74, 6) is 20.0. The molecular weight excluding hydrogens is 577 g/mol. The summed E-state index contributed by atoms with van der Waals surface area (Å²) in [6.45, 7) is 0. The van der Waals surface area contributed by atoms with Gasteiger partial charge in [-0.25, -0.2) is 0 Å². The number of rotatable bonds is 3. The standard InChI is InChI=1S/C48H30/c1-4-13-37(14-5-1)25-28-40-19-10-22-43(31-40)46-34-47(44-23-11-20-41(32-44)29-26-38-15-6-2-7-16-38)36-48(35-46)45-24-12-21-42(33-45)30-27-39-17-8-3-9-18-39/h1-24,31-36H. The van der Waals surface area contributed by atoms with E-state index >= 15 is 0 Å². The Labute approximate surface area is 283 Å². The van der Waals surface area contributed by atoms with Crippen molar-refractivity contribution in [1.29, 1.82) is 0 Å². The molecule has 0 amide bonds. The van der Waals surface area contributed by atoms with Crippen LogP contribution in [-0.2, 0) is 0 Å². The average Bonchev–Trinajstić information content (AvgIpc) is 3.17. The Morgan fingerprint density at radius 1 is 0.188 bits per heavy atom. The van der Waals surface area contributed by atoms with E-state index in [1.54, 1.807) is 0 Å². The highest BCUT2D eigenvalue weighted by molar-refractivity contribution is 5.82. The van der Waals surface area contributed by atoms with E-state index in [0.29, 0.717) is 0 Å². The lowest BCUT2D eigenvalue weighted by molar-refractivity contribution is 1.54. The molecule has 7 rings (SSSR count). The van der Waals surface area contributed by atoms with Crippen molar-refractivity contribution in [2.24, 2.45) is 0 Å². The predicted molar refractivity (Wildman–Crippen MR) is 200 cm³/mol.